The molecule has 2 amide bonds. The standard InChI is InChI=1S/C54H64Cl2N10O4/c1-5-59-49(67)33-45-53(58)65(35(3)57)47-27-25-41(31-43(47)51(61-45)37-17-21-39(55)22-18-37)69-29-15-13-11-9-7-8-10-12-14-16-30-70-42-26-28-48-44(32-42)52(38-19-23-40(56)24-20-38)62-46(34-50(68)60-6-2)54-64-63-36(4)66(48)54/h17-28,31-32,45-46,57-58H,5-16,29-30,33-34H2,1-4H3,(H,59,67)(H,60,68)/t45-,46?/m0/s1. The van der Waals surface area contributed by atoms with Crippen LogP contribution in [0.3, 0.4) is 0 Å². The number of halogens is 2. The predicted octanol–water partition coefficient (Wildman–Crippen LogP) is 11.2. The van der Waals surface area contributed by atoms with Crippen LogP contribution in [0.1, 0.15) is 138 Å². The second kappa shape index (κ2) is 25.0. The van der Waals surface area contributed by atoms with Gasteiger partial charge >= 0.3 is 0 Å². The summed E-state index contributed by atoms with van der Waals surface area (Å²) in [5.41, 5.74) is 6.16. The molecule has 0 radical (unpaired) electrons. The first-order valence-corrected chi connectivity index (χ1v) is 25.3. The number of benzene rings is 4. The minimum Gasteiger partial charge on any atom is -0.494 e. The number of rotatable bonds is 23. The number of aliphatic imine (C=N–C) groups is 2. The number of ether oxygens (including phenoxy) is 2. The number of anilines is 1. The fourth-order valence-corrected chi connectivity index (χ4v) is 9.18. The molecule has 0 spiro atoms. The van der Waals surface area contributed by atoms with E-state index < -0.39 is 12.1 Å². The smallest absolute Gasteiger partial charge is 0.222 e. The number of amidine groups is 2. The number of amides is 2. The Hall–Kier alpha value is -6.38. The lowest BCUT2D eigenvalue weighted by Gasteiger charge is -2.26. The zero-order chi connectivity index (χ0) is 49.6. The largest absolute Gasteiger partial charge is 0.494 e. The number of nitrogens with zero attached hydrogens (tertiary/aromatic N) is 6. The second-order valence-electron chi connectivity index (χ2n) is 17.7. The van der Waals surface area contributed by atoms with Crippen molar-refractivity contribution in [3.05, 3.63) is 129 Å². The number of benzodiazepines with no additional fused rings is 1. The van der Waals surface area contributed by atoms with Crippen molar-refractivity contribution in [3.63, 3.8) is 0 Å². The Labute approximate surface area is 421 Å². The summed E-state index contributed by atoms with van der Waals surface area (Å²) in [6.07, 6.45) is 11.3. The molecule has 2 aliphatic heterocycles. The molecule has 0 saturated heterocycles. The number of carbonyl (C=O) groups is 2. The molecule has 2 atom stereocenters. The van der Waals surface area contributed by atoms with E-state index in [0.29, 0.717) is 65.1 Å². The van der Waals surface area contributed by atoms with Crippen LogP contribution in [0.25, 0.3) is 5.69 Å². The van der Waals surface area contributed by atoms with Crippen molar-refractivity contribution >= 4 is 63.8 Å². The zero-order valence-corrected chi connectivity index (χ0v) is 42.1. The third-order valence-electron chi connectivity index (χ3n) is 12.4. The van der Waals surface area contributed by atoms with Crippen molar-refractivity contribution in [1.29, 1.82) is 10.8 Å². The van der Waals surface area contributed by atoms with Gasteiger partial charge < -0.3 is 20.1 Å². The number of fused-ring (bicyclic) bond motifs is 4. The second-order valence-corrected chi connectivity index (χ2v) is 18.5. The highest BCUT2D eigenvalue weighted by Crippen LogP contribution is 2.36. The van der Waals surface area contributed by atoms with Crippen LogP contribution in [0.4, 0.5) is 5.69 Å². The first kappa shape index (κ1) is 51.5. The lowest BCUT2D eigenvalue weighted by molar-refractivity contribution is -0.122. The Morgan fingerprint density at radius 2 is 1.07 bits per heavy atom. The molecule has 7 rings (SSSR count). The minimum atomic E-state index is -0.792. The lowest BCUT2D eigenvalue weighted by atomic mass is 9.99. The van der Waals surface area contributed by atoms with Crippen molar-refractivity contribution in [2.24, 2.45) is 9.98 Å². The molecule has 4 aromatic carbocycles. The molecule has 0 fully saturated rings. The van der Waals surface area contributed by atoms with Gasteiger partial charge in [0.05, 0.1) is 48.9 Å². The maximum Gasteiger partial charge on any atom is 0.222 e. The number of nitrogens with one attached hydrogen (secondary N) is 4. The summed E-state index contributed by atoms with van der Waals surface area (Å²) in [7, 11) is 0. The number of hydrogen-bond donors (Lipinski definition) is 4. The van der Waals surface area contributed by atoms with E-state index in [1.54, 1.807) is 24.0 Å². The van der Waals surface area contributed by atoms with E-state index in [0.717, 1.165) is 77.9 Å². The molecule has 5 aromatic rings. The van der Waals surface area contributed by atoms with Crippen LogP contribution in [0.5, 0.6) is 11.5 Å². The van der Waals surface area contributed by atoms with Gasteiger partial charge in [-0.3, -0.25) is 39.9 Å². The number of carbonyl (C=O) groups excluding carboxylic acids is 2. The highest BCUT2D eigenvalue weighted by atomic mass is 35.5. The van der Waals surface area contributed by atoms with Crippen LogP contribution in [-0.2, 0) is 9.59 Å². The molecule has 0 saturated carbocycles. The lowest BCUT2D eigenvalue weighted by Crippen LogP contribution is -2.42. The number of unbranched alkanes of at least 4 members (excludes halogenated alkanes) is 9. The van der Waals surface area contributed by atoms with Gasteiger partial charge in [-0.05, 0) is 101 Å². The maximum absolute atomic E-state index is 12.8. The van der Waals surface area contributed by atoms with Gasteiger partial charge in [-0.15, -0.1) is 10.2 Å². The van der Waals surface area contributed by atoms with Gasteiger partial charge in [-0.25, -0.2) is 0 Å². The molecule has 4 N–H and O–H groups in total. The fraction of sp³-hybridized carbons (Fsp3) is 0.407. The van der Waals surface area contributed by atoms with Gasteiger partial charge in [0.1, 0.15) is 41.1 Å². The molecule has 0 bridgehead atoms. The quantitative estimate of drug-likeness (QED) is 0.0285. The first-order chi connectivity index (χ1) is 33.9. The van der Waals surface area contributed by atoms with Crippen molar-refractivity contribution < 1.29 is 19.1 Å². The number of hydrogen-bond acceptors (Lipinski definition) is 10. The Morgan fingerprint density at radius 1 is 0.629 bits per heavy atom. The average Bonchev–Trinajstić information content (AvgIpc) is 3.61. The van der Waals surface area contributed by atoms with Crippen molar-refractivity contribution in [3.8, 4) is 17.2 Å². The van der Waals surface area contributed by atoms with Crippen LogP contribution in [0.15, 0.2) is 94.9 Å². The molecule has 0 aliphatic carbocycles. The van der Waals surface area contributed by atoms with Crippen molar-refractivity contribution in [2.75, 3.05) is 31.2 Å². The van der Waals surface area contributed by atoms with Gasteiger partial charge in [-0.2, -0.15) is 0 Å². The van der Waals surface area contributed by atoms with Crippen LogP contribution in [0.2, 0.25) is 10.0 Å². The first-order valence-electron chi connectivity index (χ1n) is 24.6. The Balaban J connectivity index is 0.852. The topological polar surface area (TPSA) is 183 Å². The summed E-state index contributed by atoms with van der Waals surface area (Å²) in [4.78, 5) is 37.3. The summed E-state index contributed by atoms with van der Waals surface area (Å²) in [5, 5.41) is 33.5. The van der Waals surface area contributed by atoms with E-state index >= 15 is 0 Å². The Morgan fingerprint density at radius 3 is 1.56 bits per heavy atom. The van der Waals surface area contributed by atoms with Crippen LogP contribution < -0.4 is 25.0 Å². The maximum atomic E-state index is 12.8. The monoisotopic (exact) mass is 986 g/mol. The highest BCUT2D eigenvalue weighted by Gasteiger charge is 2.33. The average molecular weight is 988 g/mol. The third kappa shape index (κ3) is 13.1. The molecule has 1 aromatic heterocycles. The predicted molar refractivity (Wildman–Crippen MR) is 281 cm³/mol. The summed E-state index contributed by atoms with van der Waals surface area (Å²) in [6, 6.07) is 25.4. The summed E-state index contributed by atoms with van der Waals surface area (Å²) >= 11 is 12.5. The fourth-order valence-electron chi connectivity index (χ4n) is 8.92. The van der Waals surface area contributed by atoms with Gasteiger partial charge in [0.25, 0.3) is 0 Å². The molecule has 368 valence electrons. The van der Waals surface area contributed by atoms with E-state index in [2.05, 4.69) is 20.8 Å². The van der Waals surface area contributed by atoms with E-state index in [9.17, 15) is 9.59 Å². The Bertz CT molecular complexity index is 2700. The van der Waals surface area contributed by atoms with Crippen LogP contribution in [0, 0.1) is 17.7 Å². The third-order valence-corrected chi connectivity index (χ3v) is 12.9. The van der Waals surface area contributed by atoms with E-state index in [1.807, 2.05) is 98.1 Å². The SMILES string of the molecule is CCNC(=O)CC1N=C(c2ccc(Cl)cc2)c2cc(OCCCCCCCCCCCCOc3ccc4c(c3)C(c3ccc(Cl)cc3)=N[C@@H](CC(=O)NCC)C(=N)N4C(C)=N)ccc2-n2c(C)nnc21. The van der Waals surface area contributed by atoms with Crippen molar-refractivity contribution in [2.45, 2.75) is 117 Å². The summed E-state index contributed by atoms with van der Waals surface area (Å²) in [6.45, 7) is 9.49. The molecule has 70 heavy (non-hydrogen) atoms. The van der Waals surface area contributed by atoms with E-state index in [1.165, 1.54) is 25.7 Å². The zero-order valence-electron chi connectivity index (χ0n) is 40.6. The van der Waals surface area contributed by atoms with Crippen LogP contribution >= 0.6 is 23.2 Å². The van der Waals surface area contributed by atoms with Gasteiger partial charge in [0, 0.05) is 45.4 Å². The normalized spacial score (nSPS) is 15.1. The van der Waals surface area contributed by atoms with Crippen molar-refractivity contribution in [1.82, 2.24) is 25.4 Å². The molecule has 14 nitrogen and oxygen atoms in total. The summed E-state index contributed by atoms with van der Waals surface area (Å²) < 4.78 is 14.6. The molecule has 1 unspecified atom stereocenters. The van der Waals surface area contributed by atoms with E-state index in [4.69, 9.17) is 53.5 Å². The molecular formula is C54H64Cl2N10O4. The van der Waals surface area contributed by atoms with Gasteiger partial charge in [-0.1, -0.05) is 98.8 Å². The minimum absolute atomic E-state index is 0.0113. The molecular weight excluding hydrogens is 924 g/mol. The highest BCUT2D eigenvalue weighted by molar-refractivity contribution is 6.31. The number of aromatic nitrogens is 3. The van der Waals surface area contributed by atoms with Crippen LogP contribution in [-0.4, -0.2) is 82.0 Å². The van der Waals surface area contributed by atoms with Gasteiger partial charge in [0.2, 0.25) is 11.8 Å². The molecule has 2 aliphatic rings. The Kier molecular flexibility index (Phi) is 18.3. The molecule has 3 heterocycles. The molecule has 16 heteroatoms. The number of aryl methyl sites for hydroxylation is 1. The van der Waals surface area contributed by atoms with E-state index in [-0.39, 0.29) is 36.3 Å². The van der Waals surface area contributed by atoms with Gasteiger partial charge in [0.15, 0.2) is 5.82 Å². The summed E-state index contributed by atoms with van der Waals surface area (Å²) in [5.74, 6) is 2.70.